The summed E-state index contributed by atoms with van der Waals surface area (Å²) < 4.78 is 36.2. The first-order valence-corrected chi connectivity index (χ1v) is 29.4. The lowest BCUT2D eigenvalue weighted by atomic mass is 9.71. The van der Waals surface area contributed by atoms with Crippen LogP contribution in [0, 0.1) is 11.8 Å². The Bertz CT molecular complexity index is 3520. The van der Waals surface area contributed by atoms with E-state index in [1.54, 1.807) is 49.4 Å². The lowest BCUT2D eigenvalue weighted by Gasteiger charge is -2.38. The minimum absolute atomic E-state index is 0.0215. The molecule has 10 rings (SSSR count). The third kappa shape index (κ3) is 16.5. The molecule has 0 bridgehead atoms. The lowest BCUT2D eigenvalue weighted by Crippen LogP contribution is -2.40. The van der Waals surface area contributed by atoms with Crippen LogP contribution in [0.3, 0.4) is 0 Å². The molecule has 456 valence electrons. The van der Waals surface area contributed by atoms with Crippen molar-refractivity contribution in [3.63, 3.8) is 0 Å². The molecule has 5 unspecified atom stereocenters. The summed E-state index contributed by atoms with van der Waals surface area (Å²) in [7, 11) is 8.12. The SMILES string of the molecule is CCOC(=O)C(C)C1=CCCc2ccc(OC)cc21.CCOC(=O)C(C)c1cccc2ccc(OC)cc12.COc1ccc2c(c1)C(=O)CCC2.COc1ccc2c(c1)C(O)(C(C)C(C)=O)CCC2.COc1ccc2cccc(C(C)C(=O)O)c2c1. The summed E-state index contributed by atoms with van der Waals surface area (Å²) in [6.07, 6.45) is 9.30. The first-order chi connectivity index (χ1) is 41.3. The highest BCUT2D eigenvalue weighted by Gasteiger charge is 2.41. The zero-order valence-corrected chi connectivity index (χ0v) is 51.9. The number of carboxylic acid groups (broad SMARTS) is 1. The number of carbonyl (C=O) groups excluding carboxylic acids is 4. The van der Waals surface area contributed by atoms with Crippen LogP contribution in [0.15, 0.2) is 133 Å². The van der Waals surface area contributed by atoms with E-state index in [0.717, 1.165) is 133 Å². The van der Waals surface area contributed by atoms with Gasteiger partial charge >= 0.3 is 17.9 Å². The lowest BCUT2D eigenvalue weighted by molar-refractivity contribution is -0.145. The molecule has 0 saturated carbocycles. The van der Waals surface area contributed by atoms with E-state index in [-0.39, 0.29) is 41.3 Å². The molecule has 0 spiro atoms. The maximum absolute atomic E-state index is 11.9. The fourth-order valence-corrected chi connectivity index (χ4v) is 11.1. The van der Waals surface area contributed by atoms with E-state index in [9.17, 15) is 29.1 Å². The van der Waals surface area contributed by atoms with E-state index >= 15 is 0 Å². The van der Waals surface area contributed by atoms with Crippen LogP contribution < -0.4 is 23.7 Å². The molecule has 7 aromatic rings. The fraction of sp³-hybridized carbons (Fsp3) is 0.375. The Kier molecular flexibility index (Phi) is 24.5. The quantitative estimate of drug-likeness (QED) is 0.0922. The number of hydrogen-bond acceptors (Lipinski definition) is 13. The van der Waals surface area contributed by atoms with E-state index in [1.807, 2.05) is 149 Å². The summed E-state index contributed by atoms with van der Waals surface area (Å²) in [4.78, 5) is 58.0. The Morgan fingerprint density at radius 2 is 0.977 bits per heavy atom. The number of fused-ring (bicyclic) bond motifs is 5. The van der Waals surface area contributed by atoms with Gasteiger partial charge in [-0.25, -0.2) is 0 Å². The van der Waals surface area contributed by atoms with E-state index in [0.29, 0.717) is 26.1 Å². The summed E-state index contributed by atoms with van der Waals surface area (Å²) in [6, 6.07) is 40.8. The second kappa shape index (κ2) is 31.6. The Morgan fingerprint density at radius 3 is 1.49 bits per heavy atom. The van der Waals surface area contributed by atoms with Crippen LogP contribution >= 0.6 is 0 Å². The van der Waals surface area contributed by atoms with Crippen molar-refractivity contribution in [1.29, 1.82) is 0 Å². The van der Waals surface area contributed by atoms with Crippen LogP contribution in [0.4, 0.5) is 0 Å². The summed E-state index contributed by atoms with van der Waals surface area (Å²) in [5.41, 5.74) is 8.17. The van der Waals surface area contributed by atoms with Gasteiger partial charge in [0.1, 0.15) is 34.5 Å². The van der Waals surface area contributed by atoms with Gasteiger partial charge in [0.05, 0.1) is 72.1 Å². The largest absolute Gasteiger partial charge is 0.497 e. The zero-order chi connectivity index (χ0) is 62.7. The Balaban J connectivity index is 0.000000173. The highest BCUT2D eigenvalue weighted by Crippen LogP contribution is 2.43. The smallest absolute Gasteiger partial charge is 0.313 e. The van der Waals surface area contributed by atoms with Crippen LogP contribution in [-0.4, -0.2) is 88.5 Å². The number of aryl methyl sites for hydroxylation is 3. The molecule has 0 fully saturated rings. The molecule has 0 heterocycles. The fourth-order valence-electron chi connectivity index (χ4n) is 11.1. The van der Waals surface area contributed by atoms with Crippen molar-refractivity contribution in [2.24, 2.45) is 11.8 Å². The minimum atomic E-state index is -1.05. The Hall–Kier alpha value is -8.49. The molecule has 3 aliphatic rings. The van der Waals surface area contributed by atoms with Crippen molar-refractivity contribution in [1.82, 2.24) is 0 Å². The van der Waals surface area contributed by atoms with Crippen LogP contribution in [0.5, 0.6) is 28.7 Å². The zero-order valence-electron chi connectivity index (χ0n) is 51.9. The van der Waals surface area contributed by atoms with Crippen molar-refractivity contribution in [3.05, 3.63) is 178 Å². The molecule has 0 aromatic heterocycles. The van der Waals surface area contributed by atoms with E-state index < -0.39 is 17.5 Å². The van der Waals surface area contributed by atoms with Gasteiger partial charge < -0.3 is 43.4 Å². The molecular formula is C72H84O14. The molecule has 0 saturated heterocycles. The molecular weight excluding hydrogens is 1090 g/mol. The molecule has 86 heavy (non-hydrogen) atoms. The molecule has 0 radical (unpaired) electrons. The number of benzene rings is 7. The van der Waals surface area contributed by atoms with Crippen LogP contribution in [0.1, 0.15) is 142 Å². The molecule has 2 N–H and O–H groups in total. The van der Waals surface area contributed by atoms with Crippen molar-refractivity contribution < 1.29 is 67.3 Å². The number of esters is 2. The van der Waals surface area contributed by atoms with Gasteiger partial charge in [0, 0.05) is 17.9 Å². The number of ether oxygens (including phenoxy) is 7. The van der Waals surface area contributed by atoms with Gasteiger partial charge in [-0.1, -0.05) is 79.7 Å². The van der Waals surface area contributed by atoms with Crippen molar-refractivity contribution in [2.45, 2.75) is 117 Å². The average molecular weight is 1170 g/mol. The third-order valence-corrected chi connectivity index (χ3v) is 16.3. The molecule has 7 aromatic carbocycles. The molecule has 3 aliphatic carbocycles. The third-order valence-electron chi connectivity index (χ3n) is 16.3. The summed E-state index contributed by atoms with van der Waals surface area (Å²) in [5, 5.41) is 24.1. The predicted octanol–water partition coefficient (Wildman–Crippen LogP) is 14.4. The molecule has 14 heteroatoms. The summed E-state index contributed by atoms with van der Waals surface area (Å²) >= 11 is 0. The maximum atomic E-state index is 11.9. The van der Waals surface area contributed by atoms with Gasteiger partial charge in [0.15, 0.2) is 5.78 Å². The van der Waals surface area contributed by atoms with E-state index in [1.165, 1.54) is 12.5 Å². The van der Waals surface area contributed by atoms with Crippen molar-refractivity contribution in [3.8, 4) is 28.7 Å². The summed E-state index contributed by atoms with van der Waals surface area (Å²) in [6.45, 7) is 13.3. The van der Waals surface area contributed by atoms with Gasteiger partial charge in [-0.05, 0) is 213 Å². The van der Waals surface area contributed by atoms with Crippen molar-refractivity contribution >= 4 is 56.6 Å². The van der Waals surface area contributed by atoms with E-state index in [4.69, 9.17) is 38.3 Å². The second-order valence-electron chi connectivity index (χ2n) is 21.5. The first-order valence-electron chi connectivity index (χ1n) is 29.4. The second-order valence-corrected chi connectivity index (χ2v) is 21.5. The Labute approximate surface area is 506 Å². The molecule has 14 nitrogen and oxygen atoms in total. The number of carbonyl (C=O) groups is 5. The highest BCUT2D eigenvalue weighted by atomic mass is 16.5. The number of rotatable bonds is 15. The van der Waals surface area contributed by atoms with Crippen molar-refractivity contribution in [2.75, 3.05) is 48.8 Å². The summed E-state index contributed by atoms with van der Waals surface area (Å²) in [5.74, 6) is 1.52. The number of ketones is 2. The number of hydrogen-bond donors (Lipinski definition) is 2. The number of Topliss-reactive ketones (excluding diaryl/α,β-unsaturated/α-hetero) is 2. The predicted molar refractivity (Wildman–Crippen MR) is 337 cm³/mol. The maximum Gasteiger partial charge on any atom is 0.313 e. The molecule has 0 aliphatic heterocycles. The normalized spacial score (nSPS) is 15.9. The number of allylic oxidation sites excluding steroid dienone is 1. The Morgan fingerprint density at radius 1 is 0.523 bits per heavy atom. The average Bonchev–Trinajstić information content (AvgIpc) is 2.35. The minimum Gasteiger partial charge on any atom is -0.497 e. The first kappa shape index (κ1) is 66.6. The standard InChI is InChI=1S/C16H20O3.C16H18O3.C15H20O3.C14H14O3.C11H12O2/c2*1-4-19-16(17)11(2)14-7-5-6-12-8-9-13(18-3)10-15(12)14;1-10(11(2)16)15(17)8-4-5-12-6-7-13(18-3)9-14(12)15;1-9(14(15)16)12-5-3-4-10-6-7-11(17-2)8-13(10)12;1-13-9-6-5-8-3-2-4-11(12)10(8)7-9/h7-11H,4-6H2,1-3H3;5-11H,4H2,1-3H3;6-7,9-10,17H,4-5,8H2,1-3H3;3-9H,1-2H3,(H,15,16);5-7H,2-4H2,1H3. The van der Waals surface area contributed by atoms with Gasteiger partial charge in [-0.2, -0.15) is 0 Å². The number of methoxy groups -OCH3 is 5. The van der Waals surface area contributed by atoms with Crippen LogP contribution in [0.25, 0.3) is 27.1 Å². The van der Waals surface area contributed by atoms with E-state index in [2.05, 4.69) is 12.1 Å². The number of aliphatic hydroxyl groups is 1. The molecule has 5 atom stereocenters. The molecule has 0 amide bonds. The topological polar surface area (TPSA) is 190 Å². The van der Waals surface area contributed by atoms with Crippen LogP contribution in [0.2, 0.25) is 0 Å². The van der Waals surface area contributed by atoms with Crippen LogP contribution in [-0.2, 0) is 53.5 Å². The number of aliphatic carboxylic acids is 1. The van der Waals surface area contributed by atoms with Gasteiger partial charge in [-0.15, -0.1) is 0 Å². The highest BCUT2D eigenvalue weighted by molar-refractivity contribution is 5.99. The monoisotopic (exact) mass is 1170 g/mol. The van der Waals surface area contributed by atoms with Gasteiger partial charge in [0.2, 0.25) is 0 Å². The van der Waals surface area contributed by atoms with Gasteiger partial charge in [0.25, 0.3) is 0 Å². The number of carboxylic acids is 1. The van der Waals surface area contributed by atoms with Gasteiger partial charge in [-0.3, -0.25) is 24.0 Å².